The van der Waals surface area contributed by atoms with E-state index in [0.29, 0.717) is 11.7 Å². The van der Waals surface area contributed by atoms with Crippen molar-refractivity contribution in [2.24, 2.45) is 5.73 Å². The van der Waals surface area contributed by atoms with Crippen molar-refractivity contribution >= 4 is 0 Å². The molecule has 2 heterocycles. The van der Waals surface area contributed by atoms with Gasteiger partial charge < -0.3 is 15.0 Å². The fourth-order valence-electron chi connectivity index (χ4n) is 1.93. The Morgan fingerprint density at radius 3 is 2.87 bits per heavy atom. The van der Waals surface area contributed by atoms with Crippen LogP contribution in [-0.4, -0.2) is 22.9 Å². The van der Waals surface area contributed by atoms with Crippen LogP contribution in [0, 0.1) is 0 Å². The number of hydrogen-bond acceptors (Lipinski definition) is 5. The summed E-state index contributed by atoms with van der Waals surface area (Å²) in [6.45, 7) is 0.797. The molecular weight excluding hydrogens is 194 g/mol. The lowest BCUT2D eigenvalue weighted by molar-refractivity contribution is 0.0870. The topological polar surface area (TPSA) is 74.2 Å². The number of aromatic nitrogens is 2. The van der Waals surface area contributed by atoms with Gasteiger partial charge in [-0.1, -0.05) is 5.16 Å². The molecule has 0 spiro atoms. The molecule has 1 saturated carbocycles. The maximum absolute atomic E-state index is 6.02. The molecule has 1 saturated heterocycles. The average molecular weight is 209 g/mol. The van der Waals surface area contributed by atoms with Crippen molar-refractivity contribution in [2.45, 2.75) is 43.7 Å². The molecule has 1 aliphatic heterocycles. The molecule has 15 heavy (non-hydrogen) atoms. The van der Waals surface area contributed by atoms with E-state index >= 15 is 0 Å². The molecule has 0 amide bonds. The van der Waals surface area contributed by atoms with Crippen LogP contribution >= 0.6 is 0 Å². The Labute approximate surface area is 88.0 Å². The molecule has 2 aliphatic rings. The van der Waals surface area contributed by atoms with Crippen LogP contribution in [-0.2, 0) is 4.74 Å². The first-order chi connectivity index (χ1) is 7.34. The Bertz CT molecular complexity index is 342. The normalized spacial score (nSPS) is 28.2. The SMILES string of the molecule is N[C@H](c1noc(C2CC2)n1)[C@H]1CCCO1. The highest BCUT2D eigenvalue weighted by atomic mass is 16.5. The van der Waals surface area contributed by atoms with E-state index in [1.807, 2.05) is 0 Å². The van der Waals surface area contributed by atoms with Crippen LogP contribution in [0.15, 0.2) is 4.52 Å². The highest BCUT2D eigenvalue weighted by Crippen LogP contribution is 2.39. The Hall–Kier alpha value is -0.940. The van der Waals surface area contributed by atoms with Gasteiger partial charge in [0.15, 0.2) is 5.82 Å². The van der Waals surface area contributed by atoms with Crippen LogP contribution in [0.4, 0.5) is 0 Å². The molecule has 0 aromatic carbocycles. The molecule has 2 N–H and O–H groups in total. The van der Waals surface area contributed by atoms with Crippen molar-refractivity contribution in [3.8, 4) is 0 Å². The summed E-state index contributed by atoms with van der Waals surface area (Å²) in [5.41, 5.74) is 6.02. The zero-order chi connectivity index (χ0) is 10.3. The monoisotopic (exact) mass is 209 g/mol. The Morgan fingerprint density at radius 1 is 1.33 bits per heavy atom. The molecule has 82 valence electrons. The molecule has 5 nitrogen and oxygen atoms in total. The van der Waals surface area contributed by atoms with Crippen molar-refractivity contribution in [1.29, 1.82) is 0 Å². The minimum atomic E-state index is -0.233. The second kappa shape index (κ2) is 3.57. The second-order valence-electron chi connectivity index (χ2n) is 4.34. The van der Waals surface area contributed by atoms with Gasteiger partial charge in [-0.3, -0.25) is 0 Å². The van der Waals surface area contributed by atoms with Crippen LogP contribution in [0.3, 0.4) is 0 Å². The van der Waals surface area contributed by atoms with Crippen molar-refractivity contribution < 1.29 is 9.26 Å². The van der Waals surface area contributed by atoms with Gasteiger partial charge in [-0.05, 0) is 25.7 Å². The predicted octanol–water partition coefficient (Wildman–Crippen LogP) is 1.13. The van der Waals surface area contributed by atoms with E-state index in [1.54, 1.807) is 0 Å². The third-order valence-corrected chi connectivity index (χ3v) is 3.05. The fourth-order valence-corrected chi connectivity index (χ4v) is 1.93. The average Bonchev–Trinajstić information content (AvgIpc) is 2.83. The second-order valence-corrected chi connectivity index (χ2v) is 4.34. The molecule has 0 bridgehead atoms. The first kappa shape index (κ1) is 9.30. The zero-order valence-corrected chi connectivity index (χ0v) is 8.56. The maximum atomic E-state index is 6.02. The lowest BCUT2D eigenvalue weighted by atomic mass is 10.1. The first-order valence-electron chi connectivity index (χ1n) is 5.55. The van der Waals surface area contributed by atoms with Gasteiger partial charge in [0.05, 0.1) is 12.1 Å². The third kappa shape index (κ3) is 1.77. The molecule has 1 aliphatic carbocycles. The number of nitrogens with two attached hydrogens (primary N) is 1. The lowest BCUT2D eigenvalue weighted by Crippen LogP contribution is -2.26. The maximum Gasteiger partial charge on any atom is 0.229 e. The van der Waals surface area contributed by atoms with E-state index < -0.39 is 0 Å². The summed E-state index contributed by atoms with van der Waals surface area (Å²) in [5.74, 6) is 1.84. The van der Waals surface area contributed by atoms with Crippen molar-refractivity contribution in [1.82, 2.24) is 10.1 Å². The fraction of sp³-hybridized carbons (Fsp3) is 0.800. The molecule has 3 rings (SSSR count). The molecule has 2 atom stereocenters. The third-order valence-electron chi connectivity index (χ3n) is 3.05. The highest BCUT2D eigenvalue weighted by Gasteiger charge is 2.32. The molecule has 1 aromatic heterocycles. The molecule has 1 aromatic rings. The van der Waals surface area contributed by atoms with E-state index in [2.05, 4.69) is 10.1 Å². The summed E-state index contributed by atoms with van der Waals surface area (Å²) >= 11 is 0. The predicted molar refractivity (Wildman–Crippen MR) is 52.2 cm³/mol. The van der Waals surface area contributed by atoms with E-state index in [4.69, 9.17) is 15.0 Å². The Morgan fingerprint density at radius 2 is 2.20 bits per heavy atom. The smallest absolute Gasteiger partial charge is 0.229 e. The van der Waals surface area contributed by atoms with E-state index in [1.165, 1.54) is 0 Å². The largest absolute Gasteiger partial charge is 0.376 e. The molecule has 0 radical (unpaired) electrons. The summed E-state index contributed by atoms with van der Waals surface area (Å²) in [4.78, 5) is 4.33. The molecular formula is C10H15N3O2. The molecule has 0 unspecified atom stereocenters. The van der Waals surface area contributed by atoms with Gasteiger partial charge >= 0.3 is 0 Å². The zero-order valence-electron chi connectivity index (χ0n) is 8.56. The van der Waals surface area contributed by atoms with Crippen LogP contribution in [0.1, 0.15) is 49.4 Å². The summed E-state index contributed by atoms with van der Waals surface area (Å²) in [6.07, 6.45) is 4.46. The standard InChI is InChI=1S/C10H15N3O2/c11-8(7-2-1-5-14-7)9-12-10(15-13-9)6-3-4-6/h6-8H,1-5,11H2/t7-,8+/m1/s1. The van der Waals surface area contributed by atoms with Crippen LogP contribution < -0.4 is 5.73 Å². The number of hydrogen-bond donors (Lipinski definition) is 1. The summed E-state index contributed by atoms with van der Waals surface area (Å²) < 4.78 is 10.7. The Balaban J connectivity index is 1.72. The van der Waals surface area contributed by atoms with Crippen LogP contribution in [0.5, 0.6) is 0 Å². The summed E-state index contributed by atoms with van der Waals surface area (Å²) in [5, 5.41) is 3.93. The molecule has 5 heteroatoms. The molecule has 2 fully saturated rings. The summed E-state index contributed by atoms with van der Waals surface area (Å²) in [6, 6.07) is -0.233. The number of rotatable bonds is 3. The Kier molecular flexibility index (Phi) is 2.21. The van der Waals surface area contributed by atoms with Crippen molar-refractivity contribution in [3.05, 3.63) is 11.7 Å². The number of nitrogens with zero attached hydrogens (tertiary/aromatic N) is 2. The number of ether oxygens (including phenoxy) is 1. The minimum absolute atomic E-state index is 0.0645. The lowest BCUT2D eigenvalue weighted by Gasteiger charge is -2.13. The van der Waals surface area contributed by atoms with Crippen molar-refractivity contribution in [3.63, 3.8) is 0 Å². The van der Waals surface area contributed by atoms with Crippen LogP contribution in [0.25, 0.3) is 0 Å². The van der Waals surface area contributed by atoms with E-state index in [0.717, 1.165) is 38.2 Å². The van der Waals surface area contributed by atoms with Crippen molar-refractivity contribution in [2.75, 3.05) is 6.61 Å². The first-order valence-corrected chi connectivity index (χ1v) is 5.55. The quantitative estimate of drug-likeness (QED) is 0.807. The van der Waals surface area contributed by atoms with Gasteiger partial charge in [-0.25, -0.2) is 0 Å². The summed E-state index contributed by atoms with van der Waals surface area (Å²) in [7, 11) is 0. The minimum Gasteiger partial charge on any atom is -0.376 e. The van der Waals surface area contributed by atoms with E-state index in [9.17, 15) is 0 Å². The van der Waals surface area contributed by atoms with Gasteiger partial charge in [0.1, 0.15) is 0 Å². The van der Waals surface area contributed by atoms with Gasteiger partial charge in [0.2, 0.25) is 5.89 Å². The van der Waals surface area contributed by atoms with E-state index in [-0.39, 0.29) is 12.1 Å². The van der Waals surface area contributed by atoms with Gasteiger partial charge in [0.25, 0.3) is 0 Å². The van der Waals surface area contributed by atoms with Gasteiger partial charge in [-0.15, -0.1) is 0 Å². The van der Waals surface area contributed by atoms with Crippen LogP contribution in [0.2, 0.25) is 0 Å². The van der Waals surface area contributed by atoms with Gasteiger partial charge in [-0.2, -0.15) is 4.98 Å². The highest BCUT2D eigenvalue weighted by molar-refractivity contribution is 5.04. The van der Waals surface area contributed by atoms with Gasteiger partial charge in [0, 0.05) is 12.5 Å².